The Balaban J connectivity index is 1.53. The molecule has 1 N–H and O–H groups in total. The molecule has 0 aromatic heterocycles. The van der Waals surface area contributed by atoms with Crippen molar-refractivity contribution in [2.24, 2.45) is 0 Å². The van der Waals surface area contributed by atoms with Gasteiger partial charge in [-0.1, -0.05) is 72.3 Å². The second kappa shape index (κ2) is 10.3. The summed E-state index contributed by atoms with van der Waals surface area (Å²) in [5, 5.41) is 3.09. The molecule has 6 heteroatoms. The van der Waals surface area contributed by atoms with Crippen molar-refractivity contribution in [2.45, 2.75) is 43.5 Å². The van der Waals surface area contributed by atoms with Gasteiger partial charge >= 0.3 is 0 Å². The zero-order valence-electron chi connectivity index (χ0n) is 18.9. The molecule has 3 aromatic carbocycles. The molecule has 0 saturated heterocycles. The van der Waals surface area contributed by atoms with E-state index in [-0.39, 0.29) is 29.9 Å². The molecule has 0 radical (unpaired) electrons. The Morgan fingerprint density at radius 3 is 2.42 bits per heavy atom. The summed E-state index contributed by atoms with van der Waals surface area (Å²) >= 11 is 0. The molecule has 0 aliphatic heterocycles. The molecule has 172 valence electrons. The standard InChI is InChI=1S/C27H30N2O3S/c1-21-14-16-24(17-15-21)33(31,32)29(19-18-22-8-3-2-4-9-22)20-27(30)28-26-13-7-11-23-10-5-6-12-25(23)26/h2-6,8-10,12,14-17,26H,7,11,13,18-20H2,1H3,(H,28,30)/t26-/m1/s1. The van der Waals surface area contributed by atoms with Crippen LogP contribution in [0.5, 0.6) is 0 Å². The molecule has 0 heterocycles. The minimum Gasteiger partial charge on any atom is -0.348 e. The fraction of sp³-hybridized carbons (Fsp3) is 0.296. The molecule has 5 nitrogen and oxygen atoms in total. The van der Waals surface area contributed by atoms with Gasteiger partial charge in [-0.3, -0.25) is 4.79 Å². The van der Waals surface area contributed by atoms with Crippen LogP contribution in [0.25, 0.3) is 0 Å². The highest BCUT2D eigenvalue weighted by Gasteiger charge is 2.28. The van der Waals surface area contributed by atoms with Gasteiger partial charge in [0, 0.05) is 6.54 Å². The van der Waals surface area contributed by atoms with Crippen LogP contribution in [0.15, 0.2) is 83.8 Å². The topological polar surface area (TPSA) is 66.5 Å². The number of hydrogen-bond donors (Lipinski definition) is 1. The molecule has 0 saturated carbocycles. The highest BCUT2D eigenvalue weighted by atomic mass is 32.2. The van der Waals surface area contributed by atoms with Crippen molar-refractivity contribution in [2.75, 3.05) is 13.1 Å². The zero-order chi connectivity index (χ0) is 23.3. The van der Waals surface area contributed by atoms with Crippen molar-refractivity contribution in [1.29, 1.82) is 0 Å². The van der Waals surface area contributed by atoms with Crippen molar-refractivity contribution in [1.82, 2.24) is 9.62 Å². The third-order valence-corrected chi connectivity index (χ3v) is 8.04. The molecule has 0 bridgehead atoms. The Hall–Kier alpha value is -2.96. The quantitative estimate of drug-likeness (QED) is 0.539. The first kappa shape index (κ1) is 23.2. The Labute approximate surface area is 196 Å². The number of sulfonamides is 1. The van der Waals surface area contributed by atoms with Crippen molar-refractivity contribution in [3.8, 4) is 0 Å². The molecular formula is C27H30N2O3S. The predicted octanol–water partition coefficient (Wildman–Crippen LogP) is 4.42. The zero-order valence-corrected chi connectivity index (χ0v) is 19.7. The van der Waals surface area contributed by atoms with Gasteiger partial charge < -0.3 is 5.32 Å². The maximum absolute atomic E-state index is 13.4. The van der Waals surface area contributed by atoms with E-state index < -0.39 is 10.0 Å². The summed E-state index contributed by atoms with van der Waals surface area (Å²) in [4.78, 5) is 13.3. The lowest BCUT2D eigenvalue weighted by Gasteiger charge is -2.28. The van der Waals surface area contributed by atoms with E-state index in [4.69, 9.17) is 0 Å². The van der Waals surface area contributed by atoms with Crippen LogP contribution >= 0.6 is 0 Å². The minimum absolute atomic E-state index is 0.0829. The Morgan fingerprint density at radius 1 is 0.970 bits per heavy atom. The van der Waals surface area contributed by atoms with Crippen LogP contribution in [0, 0.1) is 6.92 Å². The van der Waals surface area contributed by atoms with Crippen molar-refractivity contribution in [3.05, 3.63) is 101 Å². The molecule has 1 amide bonds. The van der Waals surface area contributed by atoms with Gasteiger partial charge in [0.2, 0.25) is 15.9 Å². The van der Waals surface area contributed by atoms with E-state index in [9.17, 15) is 13.2 Å². The number of carbonyl (C=O) groups excluding carboxylic acids is 1. The average molecular weight is 463 g/mol. The number of amides is 1. The summed E-state index contributed by atoms with van der Waals surface area (Å²) in [5.41, 5.74) is 4.40. The molecule has 3 aromatic rings. The van der Waals surface area contributed by atoms with Crippen LogP contribution in [0.2, 0.25) is 0 Å². The number of nitrogens with one attached hydrogen (secondary N) is 1. The van der Waals surface area contributed by atoms with Gasteiger partial charge in [-0.2, -0.15) is 4.31 Å². The van der Waals surface area contributed by atoms with Gasteiger partial charge in [-0.05, 0) is 61.4 Å². The van der Waals surface area contributed by atoms with E-state index in [1.807, 2.05) is 49.4 Å². The Kier molecular flexibility index (Phi) is 7.26. The largest absolute Gasteiger partial charge is 0.348 e. The molecule has 1 atom stereocenters. The molecular weight excluding hydrogens is 432 g/mol. The van der Waals surface area contributed by atoms with Crippen LogP contribution in [-0.2, 0) is 27.7 Å². The third kappa shape index (κ3) is 5.70. The number of hydrogen-bond acceptors (Lipinski definition) is 3. The van der Waals surface area contributed by atoms with Crippen LogP contribution in [-0.4, -0.2) is 31.7 Å². The fourth-order valence-corrected chi connectivity index (χ4v) is 5.74. The fourth-order valence-electron chi connectivity index (χ4n) is 4.35. The second-order valence-corrected chi connectivity index (χ2v) is 10.5. The predicted molar refractivity (Wildman–Crippen MR) is 130 cm³/mol. The first-order valence-corrected chi connectivity index (χ1v) is 12.9. The molecule has 1 aliphatic carbocycles. The van der Waals surface area contributed by atoms with Gasteiger partial charge in [-0.15, -0.1) is 0 Å². The molecule has 0 fully saturated rings. The number of benzene rings is 3. The van der Waals surface area contributed by atoms with Crippen molar-refractivity contribution >= 4 is 15.9 Å². The summed E-state index contributed by atoms with van der Waals surface area (Å²) in [7, 11) is -3.81. The Bertz CT molecular complexity index is 1190. The summed E-state index contributed by atoms with van der Waals surface area (Å²) in [5.74, 6) is -0.277. The summed E-state index contributed by atoms with van der Waals surface area (Å²) in [6.07, 6.45) is 3.40. The normalized spacial score (nSPS) is 15.8. The van der Waals surface area contributed by atoms with E-state index in [0.29, 0.717) is 6.42 Å². The highest BCUT2D eigenvalue weighted by Crippen LogP contribution is 2.29. The van der Waals surface area contributed by atoms with Gasteiger partial charge in [-0.25, -0.2) is 8.42 Å². The first-order valence-electron chi connectivity index (χ1n) is 11.4. The van der Waals surface area contributed by atoms with Crippen LogP contribution in [0.3, 0.4) is 0 Å². The average Bonchev–Trinajstić information content (AvgIpc) is 2.83. The molecule has 33 heavy (non-hydrogen) atoms. The number of aryl methyl sites for hydroxylation is 2. The summed E-state index contributed by atoms with van der Waals surface area (Å²) in [6, 6.07) is 24.6. The van der Waals surface area contributed by atoms with Crippen molar-refractivity contribution < 1.29 is 13.2 Å². The molecule has 0 spiro atoms. The summed E-state index contributed by atoms with van der Waals surface area (Å²) < 4.78 is 28.2. The maximum Gasteiger partial charge on any atom is 0.243 e. The lowest BCUT2D eigenvalue weighted by Crippen LogP contribution is -2.43. The third-order valence-electron chi connectivity index (χ3n) is 6.18. The van der Waals surface area contributed by atoms with Gasteiger partial charge in [0.25, 0.3) is 0 Å². The molecule has 0 unspecified atom stereocenters. The monoisotopic (exact) mass is 462 g/mol. The molecule has 4 rings (SSSR count). The number of fused-ring (bicyclic) bond motifs is 1. The van der Waals surface area contributed by atoms with Crippen molar-refractivity contribution in [3.63, 3.8) is 0 Å². The maximum atomic E-state index is 13.4. The first-order chi connectivity index (χ1) is 15.9. The van der Waals surface area contributed by atoms with Crippen LogP contribution < -0.4 is 5.32 Å². The van der Waals surface area contributed by atoms with E-state index in [1.54, 1.807) is 24.3 Å². The minimum atomic E-state index is -3.81. The van der Waals surface area contributed by atoms with Gasteiger partial charge in [0.15, 0.2) is 0 Å². The van der Waals surface area contributed by atoms with Crippen LogP contribution in [0.1, 0.15) is 41.1 Å². The van der Waals surface area contributed by atoms with Crippen LogP contribution in [0.4, 0.5) is 0 Å². The second-order valence-electron chi connectivity index (χ2n) is 8.60. The van der Waals surface area contributed by atoms with E-state index >= 15 is 0 Å². The van der Waals surface area contributed by atoms with Gasteiger partial charge in [0.1, 0.15) is 0 Å². The lowest BCUT2D eigenvalue weighted by atomic mass is 9.88. The van der Waals surface area contributed by atoms with E-state index in [2.05, 4.69) is 17.4 Å². The van der Waals surface area contributed by atoms with E-state index in [1.165, 1.54) is 9.87 Å². The number of nitrogens with zero attached hydrogens (tertiary/aromatic N) is 1. The summed E-state index contributed by atoms with van der Waals surface area (Å²) in [6.45, 7) is 1.94. The van der Waals surface area contributed by atoms with E-state index in [0.717, 1.165) is 36.0 Å². The van der Waals surface area contributed by atoms with Gasteiger partial charge in [0.05, 0.1) is 17.5 Å². The Morgan fingerprint density at radius 2 is 1.67 bits per heavy atom. The SMILES string of the molecule is Cc1ccc(S(=O)(=O)N(CCc2ccccc2)CC(=O)N[C@@H]2CCCc3ccccc32)cc1. The lowest BCUT2D eigenvalue weighted by molar-refractivity contribution is -0.122. The number of carbonyl (C=O) groups is 1. The highest BCUT2D eigenvalue weighted by molar-refractivity contribution is 7.89. The smallest absolute Gasteiger partial charge is 0.243 e. The number of rotatable bonds is 8. The molecule has 1 aliphatic rings.